The van der Waals surface area contributed by atoms with Gasteiger partial charge in [0, 0.05) is 12.7 Å². The van der Waals surface area contributed by atoms with Gasteiger partial charge in [-0.05, 0) is 48.7 Å². The van der Waals surface area contributed by atoms with E-state index < -0.39 is 0 Å². The summed E-state index contributed by atoms with van der Waals surface area (Å²) >= 11 is 0. The number of methoxy groups -OCH3 is 2. The minimum absolute atomic E-state index is 0.0698. The Morgan fingerprint density at radius 2 is 1.73 bits per heavy atom. The first-order valence-electron chi connectivity index (χ1n) is 10.5. The summed E-state index contributed by atoms with van der Waals surface area (Å²) in [6.07, 6.45) is 6.48. The van der Waals surface area contributed by atoms with E-state index in [0.29, 0.717) is 12.5 Å². The van der Waals surface area contributed by atoms with E-state index in [0.717, 1.165) is 28.4 Å². The molecule has 0 amide bonds. The second-order valence-electron chi connectivity index (χ2n) is 7.86. The molecule has 4 heteroatoms. The Balaban J connectivity index is 2.11. The van der Waals surface area contributed by atoms with E-state index in [1.165, 1.54) is 0 Å². The maximum absolute atomic E-state index is 5.49. The molecule has 0 saturated heterocycles. The number of benzene rings is 2. The number of amidine groups is 1. The average Bonchev–Trinajstić information content (AvgIpc) is 2.77. The third-order valence-corrected chi connectivity index (χ3v) is 5.35. The van der Waals surface area contributed by atoms with Crippen molar-refractivity contribution >= 4 is 11.5 Å². The zero-order chi connectivity index (χ0) is 21.5. The van der Waals surface area contributed by atoms with Crippen LogP contribution in [0.4, 0.5) is 0 Å². The first kappa shape index (κ1) is 21.8. The highest BCUT2D eigenvalue weighted by Crippen LogP contribution is 2.30. The second kappa shape index (κ2) is 10.3. The van der Waals surface area contributed by atoms with Gasteiger partial charge in [0.05, 0.1) is 31.5 Å². The highest BCUT2D eigenvalue weighted by Gasteiger charge is 2.26. The van der Waals surface area contributed by atoms with Crippen molar-refractivity contribution in [2.45, 2.75) is 32.9 Å². The van der Waals surface area contributed by atoms with Crippen LogP contribution >= 0.6 is 0 Å². The maximum atomic E-state index is 5.49. The van der Waals surface area contributed by atoms with E-state index in [1.54, 1.807) is 14.2 Å². The van der Waals surface area contributed by atoms with Gasteiger partial charge in [-0.3, -0.25) is 4.99 Å². The Hall–Kier alpha value is -2.85. The number of ether oxygens (including phenoxy) is 2. The van der Waals surface area contributed by atoms with E-state index in [9.17, 15) is 0 Å². The smallest absolute Gasteiger partial charge is 0.136 e. The third kappa shape index (κ3) is 5.00. The molecule has 1 aliphatic heterocycles. The summed E-state index contributed by atoms with van der Waals surface area (Å²) < 4.78 is 10.8. The summed E-state index contributed by atoms with van der Waals surface area (Å²) in [7, 11) is 3.43. The zero-order valence-electron chi connectivity index (χ0n) is 18.6. The number of hydrogen-bond donors (Lipinski definition) is 0. The summed E-state index contributed by atoms with van der Waals surface area (Å²) in [5.41, 5.74) is 3.35. The molecule has 0 bridgehead atoms. The molecule has 0 aromatic heterocycles. The number of allylic oxidation sites excluding steroid dienone is 2. The predicted octanol–water partition coefficient (Wildman–Crippen LogP) is 5.41. The normalized spacial score (nSPS) is 17.8. The zero-order valence-corrected chi connectivity index (χ0v) is 18.6. The van der Waals surface area contributed by atoms with Crippen molar-refractivity contribution in [2.75, 3.05) is 20.8 Å². The van der Waals surface area contributed by atoms with Crippen LogP contribution < -0.4 is 4.74 Å². The van der Waals surface area contributed by atoms with Crippen LogP contribution in [-0.4, -0.2) is 43.6 Å². The van der Waals surface area contributed by atoms with Crippen LogP contribution in [0.2, 0.25) is 0 Å². The van der Waals surface area contributed by atoms with Crippen LogP contribution in [0.1, 0.15) is 31.9 Å². The SMILES string of the molecule is COC[C@@H](N=C(c1ccccc1)N1C(c2ccc(OC)cc2)=CC=C[C@H]1C)C(C)C. The monoisotopic (exact) mass is 404 g/mol. The fourth-order valence-electron chi connectivity index (χ4n) is 3.57. The Labute approximate surface area is 180 Å². The highest BCUT2D eigenvalue weighted by atomic mass is 16.5. The van der Waals surface area contributed by atoms with Gasteiger partial charge in [-0.1, -0.05) is 56.3 Å². The summed E-state index contributed by atoms with van der Waals surface area (Å²) in [5.74, 6) is 2.18. The molecule has 0 saturated carbocycles. The third-order valence-electron chi connectivity index (χ3n) is 5.35. The second-order valence-corrected chi connectivity index (χ2v) is 7.86. The molecular formula is C26H32N2O2. The average molecular weight is 405 g/mol. The van der Waals surface area contributed by atoms with Gasteiger partial charge < -0.3 is 14.4 Å². The van der Waals surface area contributed by atoms with Gasteiger partial charge in [-0.2, -0.15) is 0 Å². The largest absolute Gasteiger partial charge is 0.497 e. The van der Waals surface area contributed by atoms with Crippen LogP contribution in [0.15, 0.2) is 77.8 Å². The van der Waals surface area contributed by atoms with Gasteiger partial charge in [0.15, 0.2) is 0 Å². The lowest BCUT2D eigenvalue weighted by molar-refractivity contribution is 0.164. The van der Waals surface area contributed by atoms with Gasteiger partial charge in [-0.15, -0.1) is 0 Å². The van der Waals surface area contributed by atoms with Crippen LogP contribution in [0, 0.1) is 5.92 Å². The van der Waals surface area contributed by atoms with Crippen molar-refractivity contribution < 1.29 is 9.47 Å². The molecule has 0 N–H and O–H groups in total. The van der Waals surface area contributed by atoms with Crippen molar-refractivity contribution in [1.82, 2.24) is 4.90 Å². The Kier molecular flexibility index (Phi) is 7.47. The van der Waals surface area contributed by atoms with Crippen LogP contribution in [0.25, 0.3) is 5.70 Å². The van der Waals surface area contributed by atoms with Gasteiger partial charge >= 0.3 is 0 Å². The summed E-state index contributed by atoms with van der Waals surface area (Å²) in [6, 6.07) is 18.8. The summed E-state index contributed by atoms with van der Waals surface area (Å²) in [4.78, 5) is 7.56. The standard InChI is InChI=1S/C26H32N2O2/c1-19(2)24(18-29-4)27-26(22-11-7-6-8-12-22)28-20(3)10-9-13-25(28)21-14-16-23(30-5)17-15-21/h6-17,19-20,24H,18H2,1-5H3/t20-,24-/m1/s1. The van der Waals surface area contributed by atoms with E-state index in [4.69, 9.17) is 14.5 Å². The molecule has 2 atom stereocenters. The maximum Gasteiger partial charge on any atom is 0.136 e. The first-order chi connectivity index (χ1) is 14.5. The lowest BCUT2D eigenvalue weighted by Crippen LogP contribution is -2.39. The topological polar surface area (TPSA) is 34.1 Å². The Morgan fingerprint density at radius 1 is 1.03 bits per heavy atom. The minimum Gasteiger partial charge on any atom is -0.497 e. The van der Waals surface area contributed by atoms with Crippen molar-refractivity contribution in [3.63, 3.8) is 0 Å². The fraction of sp³-hybridized carbons (Fsp3) is 0.346. The minimum atomic E-state index is 0.0698. The molecule has 3 rings (SSSR count). The predicted molar refractivity (Wildman–Crippen MR) is 125 cm³/mol. The van der Waals surface area contributed by atoms with Crippen LogP contribution in [0.5, 0.6) is 5.75 Å². The molecule has 0 aliphatic carbocycles. The van der Waals surface area contributed by atoms with Gasteiger partial charge in [0.2, 0.25) is 0 Å². The van der Waals surface area contributed by atoms with Crippen LogP contribution in [-0.2, 0) is 4.74 Å². The lowest BCUT2D eigenvalue weighted by atomic mass is 10.0. The molecule has 158 valence electrons. The quantitative estimate of drug-likeness (QED) is 0.457. The molecule has 30 heavy (non-hydrogen) atoms. The Bertz CT molecular complexity index is 898. The molecule has 0 unspecified atom stereocenters. The molecule has 1 aliphatic rings. The van der Waals surface area contributed by atoms with Gasteiger partial charge in [0.1, 0.15) is 11.6 Å². The number of rotatable bonds is 7. The Morgan fingerprint density at radius 3 is 2.33 bits per heavy atom. The molecule has 2 aromatic rings. The highest BCUT2D eigenvalue weighted by molar-refractivity contribution is 6.04. The van der Waals surface area contributed by atoms with E-state index >= 15 is 0 Å². The summed E-state index contributed by atoms with van der Waals surface area (Å²) in [5, 5.41) is 0. The first-order valence-corrected chi connectivity index (χ1v) is 10.5. The van der Waals surface area contributed by atoms with Crippen molar-refractivity contribution in [3.8, 4) is 5.75 Å². The molecule has 0 fully saturated rings. The number of aliphatic imine (C=N–C) groups is 1. The van der Waals surface area contributed by atoms with Crippen LogP contribution in [0.3, 0.4) is 0 Å². The molecule has 0 radical (unpaired) electrons. The molecule has 0 spiro atoms. The number of hydrogen-bond acceptors (Lipinski definition) is 3. The van der Waals surface area contributed by atoms with Gasteiger partial charge in [-0.25, -0.2) is 0 Å². The molecule has 2 aromatic carbocycles. The molecule has 1 heterocycles. The van der Waals surface area contributed by atoms with E-state index in [2.05, 4.69) is 80.3 Å². The van der Waals surface area contributed by atoms with Crippen molar-refractivity contribution in [2.24, 2.45) is 10.9 Å². The fourth-order valence-corrected chi connectivity index (χ4v) is 3.57. The molecule has 4 nitrogen and oxygen atoms in total. The van der Waals surface area contributed by atoms with Crippen molar-refractivity contribution in [3.05, 3.63) is 84.0 Å². The molecular weight excluding hydrogens is 372 g/mol. The lowest BCUT2D eigenvalue weighted by Gasteiger charge is -2.36. The van der Waals surface area contributed by atoms with E-state index in [1.807, 2.05) is 18.2 Å². The number of nitrogens with zero attached hydrogens (tertiary/aromatic N) is 2. The van der Waals surface area contributed by atoms with Gasteiger partial charge in [0.25, 0.3) is 0 Å². The van der Waals surface area contributed by atoms with E-state index in [-0.39, 0.29) is 12.1 Å². The van der Waals surface area contributed by atoms with Crippen molar-refractivity contribution in [1.29, 1.82) is 0 Å². The summed E-state index contributed by atoms with van der Waals surface area (Å²) in [6.45, 7) is 7.17.